The van der Waals surface area contributed by atoms with Gasteiger partial charge in [0.25, 0.3) is 0 Å². The van der Waals surface area contributed by atoms with Crippen LogP contribution in [0.15, 0.2) is 0 Å². The molecule has 0 radical (unpaired) electrons. The summed E-state index contributed by atoms with van der Waals surface area (Å²) in [6.45, 7) is 10.7. The fourth-order valence-corrected chi connectivity index (χ4v) is 2.44. The van der Waals surface area contributed by atoms with Gasteiger partial charge in [0.15, 0.2) is 0 Å². The molecule has 0 aliphatic carbocycles. The predicted octanol–water partition coefficient (Wildman–Crippen LogP) is 3.29. The Balaban J connectivity index is 2.46. The van der Waals surface area contributed by atoms with E-state index in [9.17, 15) is 0 Å². The first-order valence-electron chi connectivity index (χ1n) is 6.77. The third kappa shape index (κ3) is 4.52. The van der Waals surface area contributed by atoms with Crippen molar-refractivity contribution in [3.8, 4) is 0 Å². The highest BCUT2D eigenvalue weighted by atomic mass is 15.6. The fourth-order valence-electron chi connectivity index (χ4n) is 2.44. The summed E-state index contributed by atoms with van der Waals surface area (Å²) in [6, 6.07) is 0.657. The molecule has 0 saturated carbocycles. The Hall–Kier alpha value is -0.0800. The lowest BCUT2D eigenvalue weighted by Crippen LogP contribution is -2.48. The molecule has 15 heavy (non-hydrogen) atoms. The minimum atomic E-state index is 0.657. The van der Waals surface area contributed by atoms with Crippen LogP contribution >= 0.6 is 0 Å². The van der Waals surface area contributed by atoms with Crippen LogP contribution in [0.3, 0.4) is 0 Å². The summed E-state index contributed by atoms with van der Waals surface area (Å²) in [5, 5.41) is 5.18. The van der Waals surface area contributed by atoms with Gasteiger partial charge >= 0.3 is 0 Å². The first kappa shape index (κ1) is 13.0. The Morgan fingerprint density at radius 1 is 1.00 bits per heavy atom. The molecule has 0 unspecified atom stereocenters. The van der Waals surface area contributed by atoms with Gasteiger partial charge in [-0.3, -0.25) is 0 Å². The van der Waals surface area contributed by atoms with Crippen molar-refractivity contribution in [2.45, 2.75) is 65.3 Å². The summed E-state index contributed by atoms with van der Waals surface area (Å²) < 4.78 is 0. The van der Waals surface area contributed by atoms with Crippen molar-refractivity contribution in [1.29, 1.82) is 0 Å². The van der Waals surface area contributed by atoms with Gasteiger partial charge in [-0.1, -0.05) is 26.2 Å². The van der Waals surface area contributed by atoms with Crippen LogP contribution in [-0.2, 0) is 0 Å². The van der Waals surface area contributed by atoms with Crippen molar-refractivity contribution in [3.63, 3.8) is 0 Å². The topological polar surface area (TPSA) is 6.48 Å². The minimum absolute atomic E-state index is 0.657. The molecule has 2 heteroatoms. The average molecular weight is 212 g/mol. The van der Waals surface area contributed by atoms with Crippen molar-refractivity contribution in [3.05, 3.63) is 0 Å². The first-order valence-corrected chi connectivity index (χ1v) is 6.77. The van der Waals surface area contributed by atoms with Gasteiger partial charge in [-0.15, -0.1) is 0 Å². The number of hydrazine groups is 1. The molecule has 1 fully saturated rings. The van der Waals surface area contributed by atoms with Crippen molar-refractivity contribution in [2.24, 2.45) is 0 Å². The number of nitrogens with zero attached hydrogens (tertiary/aromatic N) is 2. The number of hydrogen-bond donors (Lipinski definition) is 0. The molecule has 0 bridgehead atoms. The fraction of sp³-hybridized carbons (Fsp3) is 1.00. The van der Waals surface area contributed by atoms with Gasteiger partial charge in [0.05, 0.1) is 0 Å². The van der Waals surface area contributed by atoms with E-state index in [0.29, 0.717) is 6.04 Å². The quantitative estimate of drug-likeness (QED) is 0.705. The van der Waals surface area contributed by atoms with E-state index in [0.717, 1.165) is 0 Å². The molecule has 0 aromatic heterocycles. The van der Waals surface area contributed by atoms with Crippen molar-refractivity contribution < 1.29 is 0 Å². The lowest BCUT2D eigenvalue weighted by atomic mass is 10.1. The Morgan fingerprint density at radius 3 is 2.00 bits per heavy atom. The Morgan fingerprint density at radius 2 is 1.53 bits per heavy atom. The highest BCUT2D eigenvalue weighted by Crippen LogP contribution is 2.14. The second kappa shape index (κ2) is 7.24. The van der Waals surface area contributed by atoms with Crippen molar-refractivity contribution in [2.75, 3.05) is 19.6 Å². The molecule has 0 aromatic carbocycles. The summed E-state index contributed by atoms with van der Waals surface area (Å²) in [6.07, 6.45) is 8.32. The molecule has 1 rings (SSSR count). The molecule has 2 nitrogen and oxygen atoms in total. The second-order valence-electron chi connectivity index (χ2n) is 4.98. The monoisotopic (exact) mass is 212 g/mol. The summed E-state index contributed by atoms with van der Waals surface area (Å²) in [5.41, 5.74) is 0. The third-order valence-corrected chi connectivity index (χ3v) is 3.24. The van der Waals surface area contributed by atoms with Gasteiger partial charge in [0.2, 0.25) is 0 Å². The van der Waals surface area contributed by atoms with Gasteiger partial charge in [0, 0.05) is 25.7 Å². The zero-order chi connectivity index (χ0) is 11.1. The average Bonchev–Trinajstić information content (AvgIpc) is 2.14. The maximum atomic E-state index is 2.60. The SMILES string of the molecule is CCCN(C(C)C)N1CCCCCCC1. The molecule has 0 atom stereocenters. The molecule has 0 aromatic rings. The van der Waals surface area contributed by atoms with E-state index >= 15 is 0 Å². The summed E-state index contributed by atoms with van der Waals surface area (Å²) >= 11 is 0. The van der Waals surface area contributed by atoms with Crippen LogP contribution in [0.25, 0.3) is 0 Å². The van der Waals surface area contributed by atoms with Gasteiger partial charge in [0.1, 0.15) is 0 Å². The maximum absolute atomic E-state index is 2.60. The lowest BCUT2D eigenvalue weighted by molar-refractivity contribution is -0.0554. The van der Waals surface area contributed by atoms with Gasteiger partial charge in [-0.25, -0.2) is 10.0 Å². The van der Waals surface area contributed by atoms with Gasteiger partial charge < -0.3 is 0 Å². The summed E-state index contributed by atoms with van der Waals surface area (Å²) in [5.74, 6) is 0. The van der Waals surface area contributed by atoms with E-state index in [1.807, 2.05) is 0 Å². The van der Waals surface area contributed by atoms with E-state index in [-0.39, 0.29) is 0 Å². The first-order chi connectivity index (χ1) is 7.25. The Labute approximate surface area is 95.6 Å². The standard InChI is InChI=1S/C13H28N2/c1-4-10-15(13(2)3)14-11-8-6-5-7-9-12-14/h13H,4-12H2,1-3H3. The van der Waals surface area contributed by atoms with E-state index in [1.165, 1.54) is 58.2 Å². The lowest BCUT2D eigenvalue weighted by Gasteiger charge is -2.38. The summed E-state index contributed by atoms with van der Waals surface area (Å²) in [7, 11) is 0. The van der Waals surface area contributed by atoms with E-state index in [4.69, 9.17) is 0 Å². The minimum Gasteiger partial charge on any atom is -0.242 e. The zero-order valence-corrected chi connectivity index (χ0v) is 10.8. The Kier molecular flexibility index (Phi) is 6.26. The normalized spacial score (nSPS) is 20.6. The zero-order valence-electron chi connectivity index (χ0n) is 10.8. The van der Waals surface area contributed by atoms with E-state index < -0.39 is 0 Å². The van der Waals surface area contributed by atoms with Gasteiger partial charge in [-0.05, 0) is 33.1 Å². The summed E-state index contributed by atoms with van der Waals surface area (Å²) in [4.78, 5) is 0. The maximum Gasteiger partial charge on any atom is 0.0189 e. The molecule has 0 N–H and O–H groups in total. The molecular weight excluding hydrogens is 184 g/mol. The van der Waals surface area contributed by atoms with Crippen molar-refractivity contribution in [1.82, 2.24) is 10.0 Å². The molecule has 90 valence electrons. The largest absolute Gasteiger partial charge is 0.242 e. The smallest absolute Gasteiger partial charge is 0.0189 e. The van der Waals surface area contributed by atoms with Crippen LogP contribution in [0.5, 0.6) is 0 Å². The van der Waals surface area contributed by atoms with E-state index in [2.05, 4.69) is 30.8 Å². The highest BCUT2D eigenvalue weighted by molar-refractivity contribution is 4.65. The van der Waals surface area contributed by atoms with Gasteiger partial charge in [-0.2, -0.15) is 0 Å². The van der Waals surface area contributed by atoms with Crippen LogP contribution in [0, 0.1) is 0 Å². The molecule has 1 saturated heterocycles. The molecule has 0 amide bonds. The predicted molar refractivity (Wildman–Crippen MR) is 66.8 cm³/mol. The Bertz CT molecular complexity index is 149. The van der Waals surface area contributed by atoms with Crippen LogP contribution in [0.4, 0.5) is 0 Å². The molecule has 1 aliphatic rings. The van der Waals surface area contributed by atoms with Crippen LogP contribution in [0.2, 0.25) is 0 Å². The molecular formula is C13H28N2. The molecule has 1 aliphatic heterocycles. The van der Waals surface area contributed by atoms with Crippen LogP contribution in [0.1, 0.15) is 59.3 Å². The molecule has 0 spiro atoms. The number of hydrogen-bond acceptors (Lipinski definition) is 2. The van der Waals surface area contributed by atoms with Crippen LogP contribution < -0.4 is 0 Å². The number of rotatable bonds is 4. The molecule has 1 heterocycles. The highest BCUT2D eigenvalue weighted by Gasteiger charge is 2.17. The van der Waals surface area contributed by atoms with Crippen molar-refractivity contribution >= 4 is 0 Å². The van der Waals surface area contributed by atoms with E-state index in [1.54, 1.807) is 0 Å². The third-order valence-electron chi connectivity index (χ3n) is 3.24. The second-order valence-corrected chi connectivity index (χ2v) is 4.98. The van der Waals surface area contributed by atoms with Crippen LogP contribution in [-0.4, -0.2) is 35.7 Å².